The van der Waals surface area contributed by atoms with Gasteiger partial charge in [0.05, 0.1) is 24.9 Å². The smallest absolute Gasteiger partial charge is 0.0687 e. The van der Waals surface area contributed by atoms with Crippen molar-refractivity contribution in [2.45, 2.75) is 77.9 Å². The molecule has 0 atom stereocenters. The molecule has 0 spiro atoms. The van der Waals surface area contributed by atoms with E-state index in [0.29, 0.717) is 17.1 Å². The van der Waals surface area contributed by atoms with Gasteiger partial charge in [-0.1, -0.05) is 27.7 Å². The van der Waals surface area contributed by atoms with E-state index in [1.165, 1.54) is 38.5 Å². The maximum atomic E-state index is 5.56. The lowest BCUT2D eigenvalue weighted by atomic mass is 9.69. The zero-order chi connectivity index (χ0) is 13.2. The van der Waals surface area contributed by atoms with Crippen LogP contribution in [0, 0.1) is 11.3 Å². The highest BCUT2D eigenvalue weighted by atomic mass is 16.5. The number of hydrogen-bond acceptors (Lipinski definition) is 2. The van der Waals surface area contributed by atoms with Crippen molar-refractivity contribution in [1.82, 2.24) is 0 Å². The Morgan fingerprint density at radius 2 is 1.67 bits per heavy atom. The van der Waals surface area contributed by atoms with Crippen molar-refractivity contribution in [3.63, 3.8) is 0 Å². The van der Waals surface area contributed by atoms with Crippen LogP contribution in [0.15, 0.2) is 0 Å². The third-order valence-electron chi connectivity index (χ3n) is 5.29. The Morgan fingerprint density at radius 1 is 1.00 bits per heavy atom. The molecule has 4 aliphatic heterocycles. The van der Waals surface area contributed by atoms with Crippen LogP contribution in [0.5, 0.6) is 0 Å². The lowest BCUT2D eigenvalue weighted by Crippen LogP contribution is -2.35. The van der Waals surface area contributed by atoms with Gasteiger partial charge in [-0.25, -0.2) is 0 Å². The Balaban J connectivity index is 0.000000118. The molecule has 4 saturated heterocycles. The summed E-state index contributed by atoms with van der Waals surface area (Å²) in [5, 5.41) is 0. The monoisotopic (exact) mass is 254 g/mol. The van der Waals surface area contributed by atoms with E-state index in [0.717, 1.165) is 19.1 Å². The number of hydrogen-bond donors (Lipinski definition) is 0. The van der Waals surface area contributed by atoms with Gasteiger partial charge in [0.15, 0.2) is 0 Å². The maximum Gasteiger partial charge on any atom is 0.0687 e. The Hall–Kier alpha value is -0.0800. The molecule has 2 heteroatoms. The summed E-state index contributed by atoms with van der Waals surface area (Å²) in [4.78, 5) is 0. The molecular weight excluding hydrogens is 224 g/mol. The average Bonchev–Trinajstić information content (AvgIpc) is 3.09. The van der Waals surface area contributed by atoms with Crippen LogP contribution < -0.4 is 0 Å². The van der Waals surface area contributed by atoms with E-state index in [1.807, 2.05) is 13.8 Å². The number of ether oxygens (including phenoxy) is 2. The minimum atomic E-state index is 0.380. The molecule has 6 aliphatic rings. The molecule has 0 aromatic rings. The van der Waals surface area contributed by atoms with Crippen molar-refractivity contribution < 1.29 is 9.47 Å². The molecule has 106 valence electrons. The number of fused-ring (bicyclic) bond motifs is 2. The van der Waals surface area contributed by atoms with Crippen molar-refractivity contribution in [3.05, 3.63) is 0 Å². The molecule has 2 saturated carbocycles. The van der Waals surface area contributed by atoms with E-state index in [2.05, 4.69) is 13.8 Å². The van der Waals surface area contributed by atoms with Gasteiger partial charge in [0, 0.05) is 0 Å². The van der Waals surface area contributed by atoms with Gasteiger partial charge >= 0.3 is 0 Å². The largest absolute Gasteiger partial charge is 0.378 e. The van der Waals surface area contributed by atoms with Crippen LogP contribution in [0.3, 0.4) is 0 Å². The highest BCUT2D eigenvalue weighted by Crippen LogP contribution is 2.52. The molecule has 0 N–H and O–H groups in total. The van der Waals surface area contributed by atoms with Gasteiger partial charge in [0.25, 0.3) is 0 Å². The molecule has 0 unspecified atom stereocenters. The molecule has 0 amide bonds. The zero-order valence-electron chi connectivity index (χ0n) is 12.6. The molecule has 6 rings (SSSR count). The van der Waals surface area contributed by atoms with Crippen LogP contribution >= 0.6 is 0 Å². The molecular formula is C16H30O2. The van der Waals surface area contributed by atoms with E-state index in [9.17, 15) is 0 Å². The molecule has 4 heterocycles. The van der Waals surface area contributed by atoms with E-state index >= 15 is 0 Å². The second-order valence-electron chi connectivity index (χ2n) is 6.32. The molecule has 0 aromatic heterocycles. The highest BCUT2D eigenvalue weighted by molar-refractivity contribution is 5.00. The van der Waals surface area contributed by atoms with E-state index < -0.39 is 0 Å². The van der Waals surface area contributed by atoms with Gasteiger partial charge in [-0.2, -0.15) is 0 Å². The van der Waals surface area contributed by atoms with Gasteiger partial charge in [-0.05, 0) is 49.9 Å². The summed E-state index contributed by atoms with van der Waals surface area (Å²) >= 11 is 0. The first-order chi connectivity index (χ1) is 8.69. The summed E-state index contributed by atoms with van der Waals surface area (Å²) in [6.45, 7) is 10.6. The Kier molecular flexibility index (Phi) is 4.38. The SMILES string of the molecule is CC.CCC12CC(CO1)C2.CCC12COC(C1)C2. The standard InChI is InChI=1S/2C7H12O.C2H6/c1-2-7-3-6(4-7)8-5-7;1-2-7-3-6(4-7)5-8-7;1-2/h2*6H,2-5H2,1H3;1-2H3. The number of rotatable bonds is 2. The molecule has 2 aliphatic carbocycles. The van der Waals surface area contributed by atoms with Crippen molar-refractivity contribution in [2.75, 3.05) is 13.2 Å². The second-order valence-corrected chi connectivity index (χ2v) is 6.32. The van der Waals surface area contributed by atoms with Gasteiger partial charge < -0.3 is 9.47 Å². The summed E-state index contributed by atoms with van der Waals surface area (Å²) in [6.07, 6.45) is 8.61. The summed E-state index contributed by atoms with van der Waals surface area (Å²) < 4.78 is 11.0. The lowest BCUT2D eigenvalue weighted by molar-refractivity contribution is -0.00146. The normalized spacial score (nSPS) is 46.0. The van der Waals surface area contributed by atoms with Crippen LogP contribution in [0.2, 0.25) is 0 Å². The molecule has 2 nitrogen and oxygen atoms in total. The first-order valence-corrected chi connectivity index (χ1v) is 7.95. The minimum absolute atomic E-state index is 0.380. The molecule has 18 heavy (non-hydrogen) atoms. The third-order valence-corrected chi connectivity index (χ3v) is 5.29. The Labute approximate surface area is 112 Å². The Bertz CT molecular complexity index is 223. The van der Waals surface area contributed by atoms with Crippen LogP contribution in [-0.4, -0.2) is 24.9 Å². The predicted molar refractivity (Wildman–Crippen MR) is 74.7 cm³/mol. The highest BCUT2D eigenvalue weighted by Gasteiger charge is 2.50. The first kappa shape index (κ1) is 14.3. The van der Waals surface area contributed by atoms with Gasteiger partial charge in [-0.3, -0.25) is 0 Å². The van der Waals surface area contributed by atoms with Gasteiger partial charge in [0.1, 0.15) is 0 Å². The molecule has 4 bridgehead atoms. The summed E-state index contributed by atoms with van der Waals surface area (Å²) in [5.41, 5.74) is 1.04. The quantitative estimate of drug-likeness (QED) is 0.736. The van der Waals surface area contributed by atoms with Crippen LogP contribution in [0.1, 0.15) is 66.2 Å². The van der Waals surface area contributed by atoms with Gasteiger partial charge in [-0.15, -0.1) is 0 Å². The van der Waals surface area contributed by atoms with E-state index in [-0.39, 0.29) is 0 Å². The first-order valence-electron chi connectivity index (χ1n) is 7.95. The van der Waals surface area contributed by atoms with Crippen molar-refractivity contribution in [1.29, 1.82) is 0 Å². The second kappa shape index (κ2) is 5.50. The molecule has 0 aromatic carbocycles. The molecule has 0 radical (unpaired) electrons. The van der Waals surface area contributed by atoms with E-state index in [1.54, 1.807) is 0 Å². The van der Waals surface area contributed by atoms with Crippen LogP contribution in [0.4, 0.5) is 0 Å². The maximum absolute atomic E-state index is 5.56. The fraction of sp³-hybridized carbons (Fsp3) is 1.00. The summed E-state index contributed by atoms with van der Waals surface area (Å²) in [6, 6.07) is 0. The van der Waals surface area contributed by atoms with Crippen molar-refractivity contribution in [3.8, 4) is 0 Å². The van der Waals surface area contributed by atoms with Crippen LogP contribution in [-0.2, 0) is 9.47 Å². The third kappa shape index (κ3) is 2.46. The van der Waals surface area contributed by atoms with Crippen LogP contribution in [0.25, 0.3) is 0 Å². The zero-order valence-corrected chi connectivity index (χ0v) is 12.6. The van der Waals surface area contributed by atoms with Crippen molar-refractivity contribution >= 4 is 0 Å². The van der Waals surface area contributed by atoms with Gasteiger partial charge in [0.2, 0.25) is 0 Å². The van der Waals surface area contributed by atoms with Crippen molar-refractivity contribution in [2.24, 2.45) is 11.3 Å². The topological polar surface area (TPSA) is 18.5 Å². The van der Waals surface area contributed by atoms with E-state index in [4.69, 9.17) is 9.47 Å². The molecule has 6 fully saturated rings. The fourth-order valence-corrected chi connectivity index (χ4v) is 3.74. The average molecular weight is 254 g/mol. The lowest BCUT2D eigenvalue weighted by Gasteiger charge is -2.34. The Morgan fingerprint density at radius 3 is 1.89 bits per heavy atom. The fourth-order valence-electron chi connectivity index (χ4n) is 3.74. The summed E-state index contributed by atoms with van der Waals surface area (Å²) in [7, 11) is 0. The summed E-state index contributed by atoms with van der Waals surface area (Å²) in [5.74, 6) is 0.940. The predicted octanol–water partition coefficient (Wildman–Crippen LogP) is 4.18. The minimum Gasteiger partial charge on any atom is -0.378 e.